The molecule has 0 spiro atoms. The largest absolute Gasteiger partial charge is 0.264 e. The molecule has 2 aromatic rings. The Hall–Kier alpha value is -1.44. The Balaban J connectivity index is 0.000000396. The van der Waals surface area contributed by atoms with E-state index in [9.17, 15) is 0 Å². The molecule has 0 saturated heterocycles. The molecule has 0 radical (unpaired) electrons. The molecule has 2 heterocycles. The summed E-state index contributed by atoms with van der Waals surface area (Å²) in [5.41, 5.74) is 2.24. The van der Waals surface area contributed by atoms with Crippen molar-refractivity contribution in [2.24, 2.45) is 0 Å². The molecular weight excluding hydrogens is 160 g/mol. The van der Waals surface area contributed by atoms with Crippen molar-refractivity contribution >= 4 is 10.9 Å². The van der Waals surface area contributed by atoms with Gasteiger partial charge in [0.25, 0.3) is 0 Å². The molecule has 0 aliphatic carbocycles. The van der Waals surface area contributed by atoms with Crippen LogP contribution in [0.25, 0.3) is 10.9 Å². The number of pyridine rings is 2. The summed E-state index contributed by atoms with van der Waals surface area (Å²) in [7, 11) is 0. The van der Waals surface area contributed by atoms with E-state index in [1.54, 1.807) is 6.20 Å². The van der Waals surface area contributed by atoms with Crippen molar-refractivity contribution in [2.45, 2.75) is 20.8 Å². The van der Waals surface area contributed by atoms with Crippen molar-refractivity contribution in [1.82, 2.24) is 9.97 Å². The van der Waals surface area contributed by atoms with Crippen molar-refractivity contribution in [3.8, 4) is 0 Å². The highest BCUT2D eigenvalue weighted by molar-refractivity contribution is 5.80. The quantitative estimate of drug-likeness (QED) is 0.613. The normalized spacial score (nSPS) is 9.15. The van der Waals surface area contributed by atoms with E-state index in [1.807, 2.05) is 38.4 Å². The van der Waals surface area contributed by atoms with Gasteiger partial charge in [-0.25, -0.2) is 0 Å². The maximum Gasteiger partial charge on any atom is 0.0735 e. The molecule has 2 heteroatoms. The minimum atomic E-state index is 1.01. The molecule has 0 atom stereocenters. The molecule has 0 amide bonds. The van der Waals surface area contributed by atoms with E-state index in [-0.39, 0.29) is 0 Å². The molecule has 0 aromatic carbocycles. The topological polar surface area (TPSA) is 25.8 Å². The third kappa shape index (κ3) is 2.02. The predicted octanol–water partition coefficient (Wildman–Crippen LogP) is 2.96. The first-order valence-electron chi connectivity index (χ1n) is 4.53. The average molecular weight is 174 g/mol. The van der Waals surface area contributed by atoms with Crippen molar-refractivity contribution in [1.29, 1.82) is 0 Å². The molecule has 13 heavy (non-hydrogen) atoms. The molecule has 68 valence electrons. The van der Waals surface area contributed by atoms with E-state index in [2.05, 4.69) is 16.9 Å². The van der Waals surface area contributed by atoms with Crippen LogP contribution in [-0.4, -0.2) is 9.97 Å². The third-order valence-corrected chi connectivity index (χ3v) is 1.76. The molecular formula is C11H14N2. The Bertz CT molecular complexity index is 377. The average Bonchev–Trinajstić information content (AvgIpc) is 2.22. The highest BCUT2D eigenvalue weighted by atomic mass is 14.7. The standard InChI is InChI=1S/C9H8N2.C2H6/c1-7-2-5-11-9-3-4-10-6-8(7)9;1-2/h2-6H,1H3;1-2H3. The lowest BCUT2D eigenvalue weighted by atomic mass is 10.2. The fourth-order valence-electron chi connectivity index (χ4n) is 1.12. The highest BCUT2D eigenvalue weighted by Crippen LogP contribution is 2.12. The van der Waals surface area contributed by atoms with Crippen LogP contribution in [0.15, 0.2) is 30.7 Å². The molecule has 0 N–H and O–H groups in total. The number of hydrogen-bond donors (Lipinski definition) is 0. The van der Waals surface area contributed by atoms with Gasteiger partial charge in [-0.3, -0.25) is 9.97 Å². The van der Waals surface area contributed by atoms with Crippen LogP contribution < -0.4 is 0 Å². The van der Waals surface area contributed by atoms with E-state index < -0.39 is 0 Å². The predicted molar refractivity (Wildman–Crippen MR) is 55.6 cm³/mol. The van der Waals surface area contributed by atoms with E-state index in [4.69, 9.17) is 0 Å². The molecule has 2 rings (SSSR count). The second-order valence-corrected chi connectivity index (χ2v) is 2.52. The Kier molecular flexibility index (Phi) is 3.38. The van der Waals surface area contributed by atoms with Crippen LogP contribution in [-0.2, 0) is 0 Å². The first-order valence-corrected chi connectivity index (χ1v) is 4.53. The fourth-order valence-corrected chi connectivity index (χ4v) is 1.12. The van der Waals surface area contributed by atoms with Crippen LogP contribution in [0.2, 0.25) is 0 Å². The maximum atomic E-state index is 4.20. The molecule has 2 nitrogen and oxygen atoms in total. The van der Waals surface area contributed by atoms with E-state index in [0.29, 0.717) is 0 Å². The van der Waals surface area contributed by atoms with Crippen LogP contribution in [0.5, 0.6) is 0 Å². The Labute approximate surface area is 78.7 Å². The first-order chi connectivity index (χ1) is 6.38. The monoisotopic (exact) mass is 174 g/mol. The van der Waals surface area contributed by atoms with Gasteiger partial charge in [-0.2, -0.15) is 0 Å². The minimum Gasteiger partial charge on any atom is -0.264 e. The van der Waals surface area contributed by atoms with Gasteiger partial charge >= 0.3 is 0 Å². The number of aryl methyl sites for hydroxylation is 1. The van der Waals surface area contributed by atoms with Gasteiger partial charge in [-0.1, -0.05) is 13.8 Å². The lowest BCUT2D eigenvalue weighted by Crippen LogP contribution is -1.82. The van der Waals surface area contributed by atoms with Crippen molar-refractivity contribution < 1.29 is 0 Å². The van der Waals surface area contributed by atoms with Gasteiger partial charge in [0.2, 0.25) is 0 Å². The van der Waals surface area contributed by atoms with E-state index >= 15 is 0 Å². The van der Waals surface area contributed by atoms with Crippen molar-refractivity contribution in [2.75, 3.05) is 0 Å². The Morgan fingerprint density at radius 3 is 2.54 bits per heavy atom. The van der Waals surface area contributed by atoms with Crippen molar-refractivity contribution in [3.05, 3.63) is 36.3 Å². The van der Waals surface area contributed by atoms with Crippen LogP contribution in [0.4, 0.5) is 0 Å². The highest BCUT2D eigenvalue weighted by Gasteiger charge is 1.94. The first kappa shape index (κ1) is 9.65. The minimum absolute atomic E-state index is 1.01. The lowest BCUT2D eigenvalue weighted by molar-refractivity contribution is 1.30. The van der Waals surface area contributed by atoms with Crippen LogP contribution in [0.3, 0.4) is 0 Å². The molecule has 0 unspecified atom stereocenters. The SMILES string of the molecule is CC.Cc1ccnc2ccncc12. The number of rotatable bonds is 0. The zero-order chi connectivity index (χ0) is 9.68. The zero-order valence-corrected chi connectivity index (χ0v) is 8.28. The zero-order valence-electron chi connectivity index (χ0n) is 8.28. The lowest BCUT2D eigenvalue weighted by Gasteiger charge is -1.97. The van der Waals surface area contributed by atoms with Crippen molar-refractivity contribution in [3.63, 3.8) is 0 Å². The molecule has 0 fully saturated rings. The summed E-state index contributed by atoms with van der Waals surface area (Å²) >= 11 is 0. The number of aromatic nitrogens is 2. The van der Waals surface area contributed by atoms with Gasteiger partial charge in [0.05, 0.1) is 5.52 Å². The maximum absolute atomic E-state index is 4.20. The molecule has 2 aromatic heterocycles. The molecule has 0 aliphatic heterocycles. The van der Waals surface area contributed by atoms with Gasteiger partial charge < -0.3 is 0 Å². The molecule has 0 saturated carbocycles. The summed E-state index contributed by atoms with van der Waals surface area (Å²) in [4.78, 5) is 8.24. The second-order valence-electron chi connectivity index (χ2n) is 2.52. The summed E-state index contributed by atoms with van der Waals surface area (Å²) in [5, 5.41) is 1.13. The summed E-state index contributed by atoms with van der Waals surface area (Å²) in [6.07, 6.45) is 5.42. The third-order valence-electron chi connectivity index (χ3n) is 1.76. The van der Waals surface area contributed by atoms with Crippen LogP contribution in [0, 0.1) is 6.92 Å². The summed E-state index contributed by atoms with van der Waals surface area (Å²) in [5.74, 6) is 0. The Morgan fingerprint density at radius 1 is 1.08 bits per heavy atom. The number of hydrogen-bond acceptors (Lipinski definition) is 2. The van der Waals surface area contributed by atoms with Gasteiger partial charge in [0.1, 0.15) is 0 Å². The van der Waals surface area contributed by atoms with Crippen LogP contribution in [0.1, 0.15) is 19.4 Å². The van der Waals surface area contributed by atoms with E-state index in [0.717, 1.165) is 10.9 Å². The Morgan fingerprint density at radius 2 is 1.85 bits per heavy atom. The number of fused-ring (bicyclic) bond motifs is 1. The smallest absolute Gasteiger partial charge is 0.0735 e. The van der Waals surface area contributed by atoms with Gasteiger partial charge in [0.15, 0.2) is 0 Å². The fraction of sp³-hybridized carbons (Fsp3) is 0.273. The molecule has 0 aliphatic rings. The van der Waals surface area contributed by atoms with E-state index in [1.165, 1.54) is 5.56 Å². The van der Waals surface area contributed by atoms with Gasteiger partial charge in [-0.05, 0) is 24.6 Å². The molecule has 0 bridgehead atoms. The summed E-state index contributed by atoms with van der Waals surface area (Å²) in [6, 6.07) is 3.91. The van der Waals surface area contributed by atoms with Gasteiger partial charge in [-0.15, -0.1) is 0 Å². The summed E-state index contributed by atoms with van der Waals surface area (Å²) < 4.78 is 0. The number of nitrogens with zero attached hydrogens (tertiary/aromatic N) is 2. The summed E-state index contributed by atoms with van der Waals surface area (Å²) in [6.45, 7) is 6.06. The second kappa shape index (κ2) is 4.55. The van der Waals surface area contributed by atoms with Crippen LogP contribution >= 0.6 is 0 Å². The van der Waals surface area contributed by atoms with Gasteiger partial charge in [0, 0.05) is 24.0 Å².